The van der Waals surface area contributed by atoms with E-state index in [0.29, 0.717) is 26.1 Å². The van der Waals surface area contributed by atoms with Crippen LogP contribution in [0.3, 0.4) is 0 Å². The van der Waals surface area contributed by atoms with Crippen LogP contribution in [0.2, 0.25) is 0 Å². The molecule has 6 heteroatoms. The summed E-state index contributed by atoms with van der Waals surface area (Å²) in [6.07, 6.45) is 3.93. The van der Waals surface area contributed by atoms with Crippen molar-refractivity contribution < 1.29 is 14.3 Å². The van der Waals surface area contributed by atoms with E-state index < -0.39 is 0 Å². The Hall–Kier alpha value is -3.28. The monoisotopic (exact) mass is 403 g/mol. The Balaban J connectivity index is 1.26. The summed E-state index contributed by atoms with van der Waals surface area (Å²) in [5.74, 6) is 0.703. The van der Waals surface area contributed by atoms with Crippen LogP contribution in [0.4, 0.5) is 5.69 Å². The third-order valence-corrected chi connectivity index (χ3v) is 6.34. The molecular weight excluding hydrogens is 378 g/mol. The number of benzene rings is 2. The number of carbonyl (C=O) groups excluding carboxylic acids is 2. The van der Waals surface area contributed by atoms with E-state index in [9.17, 15) is 9.59 Å². The Morgan fingerprint density at radius 3 is 2.97 bits per heavy atom. The molecule has 3 heterocycles. The highest BCUT2D eigenvalue weighted by atomic mass is 16.5. The standard InChI is InChI=1S/C24H25N3O3/c1-30-19-6-7-21-20(13-19)17(14-25-21)8-10-26-15-18(12-23(26)28)24(29)27-11-9-16-4-2-3-5-22(16)27/h2-7,13-14,18,25H,8-12,15H2,1H3/t18-/m1/s1. The Labute approximate surface area is 175 Å². The lowest BCUT2D eigenvalue weighted by atomic mass is 10.1. The Morgan fingerprint density at radius 2 is 2.10 bits per heavy atom. The number of carbonyl (C=O) groups is 2. The van der Waals surface area contributed by atoms with Crippen LogP contribution in [0, 0.1) is 5.92 Å². The molecule has 3 aromatic rings. The quantitative estimate of drug-likeness (QED) is 0.712. The number of fused-ring (bicyclic) bond motifs is 2. The zero-order valence-corrected chi connectivity index (χ0v) is 17.1. The van der Waals surface area contributed by atoms with Gasteiger partial charge in [-0.1, -0.05) is 18.2 Å². The highest BCUT2D eigenvalue weighted by Gasteiger charge is 2.38. The van der Waals surface area contributed by atoms with Crippen LogP contribution in [-0.2, 0) is 22.4 Å². The summed E-state index contributed by atoms with van der Waals surface area (Å²) in [6, 6.07) is 14.0. The van der Waals surface area contributed by atoms with E-state index >= 15 is 0 Å². The average molecular weight is 403 g/mol. The van der Waals surface area contributed by atoms with Gasteiger partial charge < -0.3 is 19.5 Å². The molecule has 0 saturated carbocycles. The van der Waals surface area contributed by atoms with Crippen molar-refractivity contribution in [1.29, 1.82) is 0 Å². The number of aromatic amines is 1. The number of amides is 2. The number of rotatable bonds is 5. The minimum atomic E-state index is -0.258. The summed E-state index contributed by atoms with van der Waals surface area (Å²) in [5.41, 5.74) is 4.42. The summed E-state index contributed by atoms with van der Waals surface area (Å²) in [5, 5.41) is 1.11. The molecule has 5 rings (SSSR count). The van der Waals surface area contributed by atoms with Gasteiger partial charge in [-0.25, -0.2) is 0 Å². The van der Waals surface area contributed by atoms with Gasteiger partial charge in [0.15, 0.2) is 0 Å². The number of H-pyrrole nitrogens is 1. The minimum absolute atomic E-state index is 0.0678. The van der Waals surface area contributed by atoms with Gasteiger partial charge in [-0.15, -0.1) is 0 Å². The van der Waals surface area contributed by atoms with Crippen molar-refractivity contribution in [2.75, 3.05) is 31.6 Å². The summed E-state index contributed by atoms with van der Waals surface area (Å²) in [7, 11) is 1.66. The summed E-state index contributed by atoms with van der Waals surface area (Å²) in [4.78, 5) is 32.7. The molecule has 1 atom stereocenters. The SMILES string of the molecule is COc1ccc2[nH]cc(CCN3C[C@H](C(=O)N4CCc5ccccc54)CC3=O)c2c1. The molecule has 1 N–H and O–H groups in total. The number of nitrogens with zero attached hydrogens (tertiary/aromatic N) is 2. The van der Waals surface area contributed by atoms with Gasteiger partial charge in [0.2, 0.25) is 11.8 Å². The molecule has 0 bridgehead atoms. The smallest absolute Gasteiger partial charge is 0.232 e. The summed E-state index contributed by atoms with van der Waals surface area (Å²) >= 11 is 0. The molecule has 2 aromatic carbocycles. The number of hydrogen-bond acceptors (Lipinski definition) is 3. The van der Waals surface area contributed by atoms with Gasteiger partial charge >= 0.3 is 0 Å². The van der Waals surface area contributed by atoms with E-state index in [2.05, 4.69) is 11.1 Å². The van der Waals surface area contributed by atoms with Crippen LogP contribution in [0.5, 0.6) is 5.75 Å². The third-order valence-electron chi connectivity index (χ3n) is 6.34. The molecule has 1 saturated heterocycles. The zero-order chi connectivity index (χ0) is 20.7. The van der Waals surface area contributed by atoms with Gasteiger partial charge in [0.05, 0.1) is 13.0 Å². The van der Waals surface area contributed by atoms with Crippen molar-refractivity contribution in [1.82, 2.24) is 9.88 Å². The molecule has 6 nitrogen and oxygen atoms in total. The topological polar surface area (TPSA) is 65.6 Å². The minimum Gasteiger partial charge on any atom is -0.497 e. The molecule has 0 spiro atoms. The summed E-state index contributed by atoms with van der Waals surface area (Å²) < 4.78 is 5.34. The predicted octanol–water partition coefficient (Wildman–Crippen LogP) is 3.16. The first-order valence-electron chi connectivity index (χ1n) is 10.4. The second kappa shape index (κ2) is 7.52. The molecule has 1 aromatic heterocycles. The lowest BCUT2D eigenvalue weighted by molar-refractivity contribution is -0.128. The van der Waals surface area contributed by atoms with Gasteiger partial charge in [-0.3, -0.25) is 9.59 Å². The summed E-state index contributed by atoms with van der Waals surface area (Å²) in [6.45, 7) is 1.82. The number of hydrogen-bond donors (Lipinski definition) is 1. The van der Waals surface area contributed by atoms with Crippen molar-refractivity contribution >= 4 is 28.4 Å². The van der Waals surface area contributed by atoms with Crippen molar-refractivity contribution in [3.63, 3.8) is 0 Å². The van der Waals surface area contributed by atoms with E-state index in [0.717, 1.165) is 40.7 Å². The highest BCUT2D eigenvalue weighted by molar-refractivity contribution is 6.00. The average Bonchev–Trinajstić information content (AvgIpc) is 3.48. The highest BCUT2D eigenvalue weighted by Crippen LogP contribution is 2.31. The molecular formula is C24H25N3O3. The van der Waals surface area contributed by atoms with Gasteiger partial charge in [0, 0.05) is 48.8 Å². The Morgan fingerprint density at radius 1 is 1.23 bits per heavy atom. The predicted molar refractivity (Wildman–Crippen MR) is 116 cm³/mol. The van der Waals surface area contributed by atoms with Crippen molar-refractivity contribution in [2.45, 2.75) is 19.3 Å². The van der Waals surface area contributed by atoms with Crippen LogP contribution in [0.15, 0.2) is 48.7 Å². The molecule has 154 valence electrons. The maximum absolute atomic E-state index is 13.1. The number of para-hydroxylation sites is 1. The number of ether oxygens (including phenoxy) is 1. The second-order valence-corrected chi connectivity index (χ2v) is 8.08. The van der Waals surface area contributed by atoms with Crippen molar-refractivity contribution in [3.8, 4) is 5.75 Å². The zero-order valence-electron chi connectivity index (χ0n) is 17.1. The van der Waals surface area contributed by atoms with Crippen LogP contribution < -0.4 is 9.64 Å². The molecule has 2 aliphatic rings. The van der Waals surface area contributed by atoms with E-state index in [1.54, 1.807) is 7.11 Å². The maximum Gasteiger partial charge on any atom is 0.232 e. The van der Waals surface area contributed by atoms with Gasteiger partial charge in [-0.05, 0) is 48.2 Å². The fourth-order valence-electron chi connectivity index (χ4n) is 4.69. The largest absolute Gasteiger partial charge is 0.497 e. The Kier molecular flexibility index (Phi) is 4.69. The normalized spacial score (nSPS) is 18.3. The third kappa shape index (κ3) is 3.22. The second-order valence-electron chi connectivity index (χ2n) is 8.08. The maximum atomic E-state index is 13.1. The van der Waals surface area contributed by atoms with Gasteiger partial charge in [0.1, 0.15) is 5.75 Å². The number of nitrogens with one attached hydrogen (secondary N) is 1. The molecule has 1 fully saturated rings. The van der Waals surface area contributed by atoms with Crippen LogP contribution in [0.1, 0.15) is 17.5 Å². The van der Waals surface area contributed by atoms with Crippen molar-refractivity contribution in [2.24, 2.45) is 5.92 Å². The lowest BCUT2D eigenvalue weighted by Crippen LogP contribution is -2.36. The van der Waals surface area contributed by atoms with Gasteiger partial charge in [0.25, 0.3) is 0 Å². The first kappa shape index (κ1) is 18.7. The molecule has 0 radical (unpaired) electrons. The number of anilines is 1. The van der Waals surface area contributed by atoms with Gasteiger partial charge in [-0.2, -0.15) is 0 Å². The Bertz CT molecular complexity index is 1120. The number of likely N-dealkylation sites (tertiary alicyclic amines) is 1. The van der Waals surface area contributed by atoms with E-state index in [1.807, 2.05) is 52.4 Å². The van der Waals surface area contributed by atoms with E-state index in [-0.39, 0.29) is 17.7 Å². The molecule has 2 amide bonds. The number of methoxy groups -OCH3 is 1. The fourth-order valence-corrected chi connectivity index (χ4v) is 4.69. The van der Waals surface area contributed by atoms with E-state index in [4.69, 9.17) is 4.74 Å². The fraction of sp³-hybridized carbons (Fsp3) is 0.333. The van der Waals surface area contributed by atoms with E-state index in [1.165, 1.54) is 5.56 Å². The van der Waals surface area contributed by atoms with Crippen LogP contribution >= 0.6 is 0 Å². The first-order valence-corrected chi connectivity index (χ1v) is 10.4. The molecule has 2 aliphatic heterocycles. The lowest BCUT2D eigenvalue weighted by Gasteiger charge is -2.21. The molecule has 0 aliphatic carbocycles. The van der Waals surface area contributed by atoms with Crippen LogP contribution in [-0.4, -0.2) is 48.4 Å². The first-order chi connectivity index (χ1) is 14.6. The van der Waals surface area contributed by atoms with Crippen LogP contribution in [0.25, 0.3) is 10.9 Å². The molecule has 0 unspecified atom stereocenters. The number of aromatic nitrogens is 1. The molecule has 30 heavy (non-hydrogen) atoms. The van der Waals surface area contributed by atoms with Crippen molar-refractivity contribution in [3.05, 3.63) is 59.8 Å².